The third kappa shape index (κ3) is 2.95. The summed E-state index contributed by atoms with van der Waals surface area (Å²) >= 11 is 0. The lowest BCUT2D eigenvalue weighted by Crippen LogP contribution is -2.14. The topological polar surface area (TPSA) is 104 Å². The summed E-state index contributed by atoms with van der Waals surface area (Å²) in [6.07, 6.45) is 3.34. The number of hydrogen-bond donors (Lipinski definition) is 2. The highest BCUT2D eigenvalue weighted by Crippen LogP contribution is 2.20. The molecule has 1 aromatic carbocycles. The van der Waals surface area contributed by atoms with Crippen molar-refractivity contribution in [3.63, 3.8) is 0 Å². The van der Waals surface area contributed by atoms with E-state index in [2.05, 4.69) is 25.5 Å². The average molecular weight is 283 g/mol. The number of aryl methyl sites for hydroxylation is 1. The van der Waals surface area contributed by atoms with Gasteiger partial charge in [-0.1, -0.05) is 12.1 Å². The number of anilines is 1. The molecule has 0 aliphatic carbocycles. The number of benzene rings is 1. The van der Waals surface area contributed by atoms with Gasteiger partial charge in [-0.3, -0.25) is 5.43 Å². The van der Waals surface area contributed by atoms with E-state index in [1.54, 1.807) is 18.5 Å². The van der Waals surface area contributed by atoms with Crippen molar-refractivity contribution < 1.29 is 4.74 Å². The molecule has 8 nitrogen and oxygen atoms in total. The van der Waals surface area contributed by atoms with Gasteiger partial charge in [0.2, 0.25) is 5.95 Å². The number of rotatable bonds is 4. The number of nitrogens with one attached hydrogen (secondary N) is 1. The van der Waals surface area contributed by atoms with Gasteiger partial charge >= 0.3 is 6.01 Å². The molecule has 0 spiro atoms. The zero-order valence-electron chi connectivity index (χ0n) is 11.3. The molecule has 106 valence electrons. The Morgan fingerprint density at radius 1 is 1.19 bits per heavy atom. The summed E-state index contributed by atoms with van der Waals surface area (Å²) in [7, 11) is 0. The third-order valence-corrected chi connectivity index (χ3v) is 2.64. The van der Waals surface area contributed by atoms with Gasteiger partial charge in [-0.05, 0) is 30.7 Å². The first-order chi connectivity index (χ1) is 10.2. The maximum absolute atomic E-state index is 5.64. The Bertz CT molecular complexity index is 742. The van der Waals surface area contributed by atoms with E-state index in [9.17, 15) is 0 Å². The standard InChI is InChI=1S/C13H13N7O/c1-9-4-2-5-10(8-9)21-13-17-11(19-14)16-12(18-13)20-7-3-6-15-20/h2-8H,14H2,1H3,(H,16,17,18,19). The maximum Gasteiger partial charge on any atom is 0.328 e. The minimum atomic E-state index is 0.133. The van der Waals surface area contributed by atoms with Gasteiger partial charge in [0.15, 0.2) is 0 Å². The molecule has 3 rings (SSSR count). The van der Waals surface area contributed by atoms with Crippen LogP contribution in [0.3, 0.4) is 0 Å². The van der Waals surface area contributed by atoms with Crippen LogP contribution in [0, 0.1) is 6.92 Å². The van der Waals surface area contributed by atoms with Crippen LogP contribution in [0.5, 0.6) is 11.8 Å². The van der Waals surface area contributed by atoms with Crippen molar-refractivity contribution >= 4 is 5.95 Å². The fourth-order valence-corrected chi connectivity index (χ4v) is 1.73. The molecule has 0 amide bonds. The molecule has 0 aliphatic heterocycles. The van der Waals surface area contributed by atoms with Crippen LogP contribution in [0.2, 0.25) is 0 Å². The Morgan fingerprint density at radius 2 is 2.10 bits per heavy atom. The quantitative estimate of drug-likeness (QED) is 0.551. The smallest absolute Gasteiger partial charge is 0.328 e. The summed E-state index contributed by atoms with van der Waals surface area (Å²) in [5, 5.41) is 4.06. The highest BCUT2D eigenvalue weighted by Gasteiger charge is 2.09. The Balaban J connectivity index is 1.96. The largest absolute Gasteiger partial charge is 0.424 e. The first-order valence-electron chi connectivity index (χ1n) is 6.22. The van der Waals surface area contributed by atoms with Crippen molar-refractivity contribution in [2.24, 2.45) is 5.84 Å². The number of ether oxygens (including phenoxy) is 1. The number of aromatic nitrogens is 5. The molecule has 0 bridgehead atoms. The normalized spacial score (nSPS) is 10.4. The minimum Gasteiger partial charge on any atom is -0.424 e. The number of nitrogen functional groups attached to an aromatic ring is 1. The van der Waals surface area contributed by atoms with Crippen LogP contribution in [0.1, 0.15) is 5.56 Å². The van der Waals surface area contributed by atoms with E-state index in [1.807, 2.05) is 31.2 Å². The van der Waals surface area contributed by atoms with Crippen LogP contribution in [0.4, 0.5) is 5.95 Å². The van der Waals surface area contributed by atoms with E-state index in [0.29, 0.717) is 11.7 Å². The maximum atomic E-state index is 5.64. The molecule has 0 radical (unpaired) electrons. The lowest BCUT2D eigenvalue weighted by atomic mass is 10.2. The van der Waals surface area contributed by atoms with Gasteiger partial charge < -0.3 is 4.74 Å². The van der Waals surface area contributed by atoms with Crippen molar-refractivity contribution in [3.05, 3.63) is 48.3 Å². The minimum absolute atomic E-state index is 0.133. The van der Waals surface area contributed by atoms with Gasteiger partial charge in [0.05, 0.1) is 0 Å². The molecule has 3 N–H and O–H groups in total. The molecule has 0 unspecified atom stereocenters. The summed E-state index contributed by atoms with van der Waals surface area (Å²) < 4.78 is 7.13. The molecule has 3 aromatic rings. The second kappa shape index (κ2) is 5.55. The van der Waals surface area contributed by atoms with Crippen molar-refractivity contribution in [3.8, 4) is 17.7 Å². The molecular formula is C13H13N7O. The second-order valence-corrected chi connectivity index (χ2v) is 4.26. The van der Waals surface area contributed by atoms with Crippen LogP contribution < -0.4 is 16.0 Å². The van der Waals surface area contributed by atoms with Crippen LogP contribution >= 0.6 is 0 Å². The van der Waals surface area contributed by atoms with Crippen molar-refractivity contribution in [1.82, 2.24) is 24.7 Å². The number of hydrazine groups is 1. The van der Waals surface area contributed by atoms with Gasteiger partial charge in [-0.2, -0.15) is 20.1 Å². The van der Waals surface area contributed by atoms with E-state index in [0.717, 1.165) is 5.56 Å². The molecule has 0 aliphatic rings. The van der Waals surface area contributed by atoms with E-state index >= 15 is 0 Å². The SMILES string of the molecule is Cc1cccc(Oc2nc(NN)nc(-n3cccn3)n2)c1. The number of nitrogens with two attached hydrogens (primary N) is 1. The molecule has 8 heteroatoms. The molecule has 21 heavy (non-hydrogen) atoms. The number of hydrogen-bond acceptors (Lipinski definition) is 7. The van der Waals surface area contributed by atoms with Gasteiger partial charge in [0.25, 0.3) is 5.95 Å². The fraction of sp³-hybridized carbons (Fsp3) is 0.0769. The van der Waals surface area contributed by atoms with E-state index in [4.69, 9.17) is 10.6 Å². The molecule has 0 atom stereocenters. The predicted octanol–water partition coefficient (Wildman–Crippen LogP) is 1.44. The summed E-state index contributed by atoms with van der Waals surface area (Å²) in [5.41, 5.74) is 3.46. The first-order valence-corrected chi connectivity index (χ1v) is 6.22. The molecule has 2 aromatic heterocycles. The molecule has 2 heterocycles. The lowest BCUT2D eigenvalue weighted by Gasteiger charge is -2.08. The predicted molar refractivity (Wildman–Crippen MR) is 76.0 cm³/mol. The number of nitrogens with zero attached hydrogens (tertiary/aromatic N) is 5. The lowest BCUT2D eigenvalue weighted by molar-refractivity contribution is 0.438. The van der Waals surface area contributed by atoms with Gasteiger partial charge in [0.1, 0.15) is 5.75 Å². The second-order valence-electron chi connectivity index (χ2n) is 4.26. The van der Waals surface area contributed by atoms with Crippen LogP contribution in [0.25, 0.3) is 5.95 Å². The summed E-state index contributed by atoms with van der Waals surface area (Å²) in [6, 6.07) is 9.46. The Morgan fingerprint density at radius 3 is 2.81 bits per heavy atom. The highest BCUT2D eigenvalue weighted by molar-refractivity contribution is 5.33. The third-order valence-electron chi connectivity index (χ3n) is 2.64. The Hall–Kier alpha value is -3.00. The van der Waals surface area contributed by atoms with Gasteiger partial charge in [-0.15, -0.1) is 0 Å². The molecular weight excluding hydrogens is 270 g/mol. The first kappa shape index (κ1) is 13.0. The van der Waals surface area contributed by atoms with Gasteiger partial charge in [-0.25, -0.2) is 10.5 Å². The van der Waals surface area contributed by atoms with E-state index < -0.39 is 0 Å². The molecule has 0 saturated heterocycles. The zero-order chi connectivity index (χ0) is 14.7. The van der Waals surface area contributed by atoms with Crippen LogP contribution in [-0.4, -0.2) is 24.7 Å². The van der Waals surface area contributed by atoms with Crippen LogP contribution in [0.15, 0.2) is 42.7 Å². The highest BCUT2D eigenvalue weighted by atomic mass is 16.5. The van der Waals surface area contributed by atoms with Crippen molar-refractivity contribution in [2.45, 2.75) is 6.92 Å². The van der Waals surface area contributed by atoms with E-state index in [1.165, 1.54) is 4.68 Å². The molecule has 0 fully saturated rings. The summed E-state index contributed by atoms with van der Waals surface area (Å²) in [6.45, 7) is 1.97. The average Bonchev–Trinajstić information content (AvgIpc) is 3.01. The van der Waals surface area contributed by atoms with Crippen molar-refractivity contribution in [1.29, 1.82) is 0 Å². The summed E-state index contributed by atoms with van der Waals surface area (Å²) in [4.78, 5) is 12.4. The van der Waals surface area contributed by atoms with Gasteiger partial charge in [0, 0.05) is 12.4 Å². The zero-order valence-corrected chi connectivity index (χ0v) is 11.3. The molecule has 0 saturated carbocycles. The summed E-state index contributed by atoms with van der Waals surface area (Å²) in [5.74, 6) is 6.51. The van der Waals surface area contributed by atoms with Crippen molar-refractivity contribution in [2.75, 3.05) is 5.43 Å². The fourth-order valence-electron chi connectivity index (χ4n) is 1.73. The van der Waals surface area contributed by atoms with E-state index in [-0.39, 0.29) is 12.0 Å². The van der Waals surface area contributed by atoms with Crippen LogP contribution in [-0.2, 0) is 0 Å². The monoisotopic (exact) mass is 283 g/mol. The Labute approximate surface area is 120 Å². The Kier molecular flexibility index (Phi) is 3.44.